The predicted octanol–water partition coefficient (Wildman–Crippen LogP) is 2.95. The fraction of sp³-hybridized carbons (Fsp3) is 0.923. The molecule has 16 heavy (non-hydrogen) atoms. The van der Waals surface area contributed by atoms with Gasteiger partial charge in [-0.1, -0.05) is 38.5 Å². The summed E-state index contributed by atoms with van der Waals surface area (Å²) >= 11 is 0. The number of nitrogens with one attached hydrogen (secondary N) is 2. The maximum absolute atomic E-state index is 11.8. The van der Waals surface area contributed by atoms with E-state index in [9.17, 15) is 4.79 Å². The second-order valence-corrected chi connectivity index (χ2v) is 5.29. The molecule has 2 N–H and O–H groups in total. The minimum absolute atomic E-state index is 0.0683. The van der Waals surface area contributed by atoms with Crippen molar-refractivity contribution in [3.05, 3.63) is 0 Å². The number of hydrogen-bond acceptors (Lipinski definition) is 1. The van der Waals surface area contributed by atoms with Crippen LogP contribution in [0.1, 0.15) is 64.2 Å². The van der Waals surface area contributed by atoms with Gasteiger partial charge in [0.05, 0.1) is 0 Å². The van der Waals surface area contributed by atoms with E-state index in [0.29, 0.717) is 12.1 Å². The van der Waals surface area contributed by atoms with Crippen LogP contribution in [0, 0.1) is 0 Å². The van der Waals surface area contributed by atoms with Crippen LogP contribution >= 0.6 is 0 Å². The topological polar surface area (TPSA) is 41.1 Å². The lowest BCUT2D eigenvalue weighted by Crippen LogP contribution is -2.47. The zero-order valence-corrected chi connectivity index (χ0v) is 10.1. The molecule has 0 atom stereocenters. The molecule has 2 amide bonds. The molecule has 2 rings (SSSR count). The van der Waals surface area contributed by atoms with E-state index in [-0.39, 0.29) is 6.03 Å². The van der Waals surface area contributed by atoms with Gasteiger partial charge in [0.25, 0.3) is 0 Å². The first kappa shape index (κ1) is 11.7. The predicted molar refractivity (Wildman–Crippen MR) is 65.4 cm³/mol. The highest BCUT2D eigenvalue weighted by Crippen LogP contribution is 2.19. The molecule has 2 aliphatic rings. The van der Waals surface area contributed by atoms with Gasteiger partial charge in [-0.15, -0.1) is 0 Å². The summed E-state index contributed by atoms with van der Waals surface area (Å²) in [4.78, 5) is 11.8. The van der Waals surface area contributed by atoms with E-state index in [1.165, 1.54) is 38.5 Å². The van der Waals surface area contributed by atoms with Crippen molar-refractivity contribution in [2.75, 3.05) is 0 Å². The van der Waals surface area contributed by atoms with Gasteiger partial charge in [-0.3, -0.25) is 0 Å². The first-order valence-corrected chi connectivity index (χ1v) is 6.91. The molecule has 0 radical (unpaired) electrons. The Morgan fingerprint density at radius 2 is 1.06 bits per heavy atom. The van der Waals surface area contributed by atoms with Crippen molar-refractivity contribution in [2.24, 2.45) is 0 Å². The van der Waals surface area contributed by atoms with Crippen molar-refractivity contribution in [1.82, 2.24) is 10.6 Å². The zero-order chi connectivity index (χ0) is 11.2. The standard InChI is InChI=1S/C13H24N2O/c16-13(14-11-7-3-1-4-8-11)15-12-9-5-2-6-10-12/h11-12H,1-10H2,(H2,14,15,16)/i1+1,2+1,3+1,4+1,5+1,6+1,7+1,8+1,9+1,10+1,11+1. The Labute approximate surface area is 98.4 Å². The lowest BCUT2D eigenvalue weighted by Gasteiger charge is -2.26. The summed E-state index contributed by atoms with van der Waals surface area (Å²) in [5.41, 5.74) is 0. The Morgan fingerprint density at radius 1 is 0.688 bits per heavy atom. The number of carbonyl (C=O) groups is 1. The summed E-state index contributed by atoms with van der Waals surface area (Å²) in [6.07, 6.45) is 12.4. The molecule has 2 saturated carbocycles. The highest BCUT2D eigenvalue weighted by Gasteiger charge is 2.19. The van der Waals surface area contributed by atoms with Crippen LogP contribution in [0.5, 0.6) is 0 Å². The Hall–Kier alpha value is -0.730. The maximum Gasteiger partial charge on any atom is 0.315 e. The van der Waals surface area contributed by atoms with Crippen molar-refractivity contribution >= 4 is 6.03 Å². The van der Waals surface area contributed by atoms with Crippen LogP contribution in [0.2, 0.25) is 0 Å². The Bertz CT molecular complexity index is 196. The van der Waals surface area contributed by atoms with Crippen molar-refractivity contribution in [1.29, 1.82) is 0 Å². The Balaban J connectivity index is 1.66. The number of amides is 2. The van der Waals surface area contributed by atoms with Crippen molar-refractivity contribution in [3.63, 3.8) is 0 Å². The molecule has 0 aliphatic heterocycles. The third-order valence-electron chi connectivity index (χ3n) is 3.88. The molecule has 0 bridgehead atoms. The molecule has 0 aromatic rings. The van der Waals surface area contributed by atoms with E-state index in [4.69, 9.17) is 0 Å². The largest absolute Gasteiger partial charge is 0.335 e. The van der Waals surface area contributed by atoms with E-state index in [0.717, 1.165) is 25.7 Å². The van der Waals surface area contributed by atoms with E-state index in [1.54, 1.807) is 0 Å². The smallest absolute Gasteiger partial charge is 0.315 e. The lowest BCUT2D eigenvalue weighted by molar-refractivity contribution is 0.224. The Kier molecular flexibility index (Phi) is 4.49. The second kappa shape index (κ2) is 6.12. The van der Waals surface area contributed by atoms with Gasteiger partial charge in [0.2, 0.25) is 0 Å². The highest BCUT2D eigenvalue weighted by molar-refractivity contribution is 5.74. The third-order valence-corrected chi connectivity index (χ3v) is 3.88. The fourth-order valence-corrected chi connectivity index (χ4v) is 2.91. The van der Waals surface area contributed by atoms with Crippen LogP contribution < -0.4 is 10.6 Å². The van der Waals surface area contributed by atoms with Gasteiger partial charge in [-0.25, -0.2) is 4.79 Å². The average Bonchev–Trinajstić information content (AvgIpc) is 2.31. The molecule has 3 nitrogen and oxygen atoms in total. The minimum Gasteiger partial charge on any atom is -0.335 e. The fourth-order valence-electron chi connectivity index (χ4n) is 2.91. The van der Waals surface area contributed by atoms with E-state index < -0.39 is 0 Å². The van der Waals surface area contributed by atoms with E-state index >= 15 is 0 Å². The van der Waals surface area contributed by atoms with Crippen LogP contribution in [-0.4, -0.2) is 18.1 Å². The quantitative estimate of drug-likeness (QED) is 0.710. The van der Waals surface area contributed by atoms with Gasteiger partial charge in [0.1, 0.15) is 0 Å². The van der Waals surface area contributed by atoms with Crippen LogP contribution in [0.15, 0.2) is 0 Å². The van der Waals surface area contributed by atoms with E-state index in [2.05, 4.69) is 10.6 Å². The number of urea groups is 1. The molecule has 0 saturated heterocycles. The SMILES string of the molecule is O=C(NC1[13CH2][13CH2][13CH2][13CH2][13CH2]1)N[13CH]1[13CH2][13CH2][13CH2][13CH2][13CH2]1. The van der Waals surface area contributed by atoms with Gasteiger partial charge in [0, 0.05) is 12.1 Å². The minimum atomic E-state index is 0.0683. The van der Waals surface area contributed by atoms with Crippen LogP contribution in [0.3, 0.4) is 0 Å². The highest BCUT2D eigenvalue weighted by atomic mass is 16.2. The normalized spacial score (nSPS) is 24.0. The summed E-state index contributed by atoms with van der Waals surface area (Å²) < 4.78 is 0. The van der Waals surface area contributed by atoms with Gasteiger partial charge in [-0.2, -0.15) is 0 Å². The molecular formula is C13H24N2O. The van der Waals surface area contributed by atoms with Gasteiger partial charge in [0.15, 0.2) is 0 Å². The van der Waals surface area contributed by atoms with Crippen molar-refractivity contribution < 1.29 is 4.79 Å². The number of hydrogen-bond donors (Lipinski definition) is 2. The summed E-state index contributed by atoms with van der Waals surface area (Å²) in [7, 11) is 0. The Morgan fingerprint density at radius 3 is 1.44 bits per heavy atom. The molecule has 0 unspecified atom stereocenters. The second-order valence-electron chi connectivity index (χ2n) is 5.29. The summed E-state index contributed by atoms with van der Waals surface area (Å²) in [6.45, 7) is 0. The molecule has 0 heterocycles. The van der Waals surface area contributed by atoms with Crippen molar-refractivity contribution in [3.8, 4) is 0 Å². The maximum atomic E-state index is 11.8. The molecule has 0 aromatic carbocycles. The summed E-state index contributed by atoms with van der Waals surface area (Å²) in [5.74, 6) is 0. The van der Waals surface area contributed by atoms with Gasteiger partial charge >= 0.3 is 6.03 Å². The van der Waals surface area contributed by atoms with Gasteiger partial charge < -0.3 is 10.6 Å². The number of rotatable bonds is 2. The zero-order valence-electron chi connectivity index (χ0n) is 10.1. The van der Waals surface area contributed by atoms with Crippen molar-refractivity contribution in [2.45, 2.75) is 76.3 Å². The lowest BCUT2D eigenvalue weighted by atomic mass is 10.5. The van der Waals surface area contributed by atoms with Crippen LogP contribution in [0.4, 0.5) is 4.79 Å². The average molecular weight is 235 g/mol. The van der Waals surface area contributed by atoms with Crippen LogP contribution in [0.25, 0.3) is 0 Å². The molecule has 0 spiro atoms. The first-order valence-electron chi connectivity index (χ1n) is 6.91. The first-order chi connectivity index (χ1) is 7.84. The molecule has 92 valence electrons. The third kappa shape index (κ3) is 3.69. The summed E-state index contributed by atoms with van der Waals surface area (Å²) in [5, 5.41) is 6.23. The van der Waals surface area contributed by atoms with Crippen LogP contribution in [-0.2, 0) is 0 Å². The molecule has 0 aromatic heterocycles. The molecule has 2 fully saturated rings. The molecule has 2 aliphatic carbocycles. The molecular weight excluding hydrogens is 211 g/mol. The van der Waals surface area contributed by atoms with E-state index in [1.807, 2.05) is 0 Å². The van der Waals surface area contributed by atoms with Gasteiger partial charge in [-0.05, 0) is 25.7 Å². The monoisotopic (exact) mass is 235 g/mol. The summed E-state index contributed by atoms with van der Waals surface area (Å²) in [6, 6.07) is 0.925. The number of carbonyl (C=O) groups excluding carboxylic acids is 1. The molecule has 3 heteroatoms.